The van der Waals surface area contributed by atoms with Crippen LogP contribution in [-0.2, 0) is 19.8 Å². The molecule has 0 unspecified atom stereocenters. The quantitative estimate of drug-likeness (QED) is 0.0733. The number of nitrogens with zero attached hydrogens (tertiary/aromatic N) is 2. The number of allylic oxidation sites excluding steroid dienone is 11. The summed E-state index contributed by atoms with van der Waals surface area (Å²) in [7, 11) is 0. The Kier molecular flexibility index (Phi) is 13.2. The Balaban J connectivity index is 1.59. The zero-order valence-electron chi connectivity index (χ0n) is 29.5. The van der Waals surface area contributed by atoms with Gasteiger partial charge in [-0.25, -0.2) is 4.58 Å². The van der Waals surface area contributed by atoms with Crippen molar-refractivity contribution in [1.29, 1.82) is 0 Å². The molecule has 0 radical (unpaired) electrons. The molecule has 0 atom stereocenters. The number of para-hydroxylation sites is 1. The topological polar surface area (TPSA) is 97.9 Å². The first kappa shape index (κ1) is 37.8. The van der Waals surface area contributed by atoms with Gasteiger partial charge in [-0.05, 0) is 99.8 Å². The van der Waals surface area contributed by atoms with E-state index in [0.29, 0.717) is 12.8 Å². The molecular formula is C41H52ClN2O5+. The number of carbonyl (C=O) groups is 3. The van der Waals surface area contributed by atoms with Gasteiger partial charge in [-0.15, -0.1) is 0 Å². The maximum absolute atomic E-state index is 11.1. The van der Waals surface area contributed by atoms with Gasteiger partial charge in [0.1, 0.15) is 12.8 Å². The lowest BCUT2D eigenvalue weighted by atomic mass is 9.80. The molecule has 0 fully saturated rings. The molecule has 49 heavy (non-hydrogen) atoms. The predicted octanol–water partition coefficient (Wildman–Crippen LogP) is 9.25. The van der Waals surface area contributed by atoms with Gasteiger partial charge in [0.2, 0.25) is 0 Å². The molecule has 7 nitrogen and oxygen atoms in total. The second-order valence-corrected chi connectivity index (χ2v) is 14.6. The van der Waals surface area contributed by atoms with E-state index in [1.807, 2.05) is 6.08 Å². The highest BCUT2D eigenvalue weighted by Gasteiger charge is 2.41. The number of carboxylic acid groups (broad SMARTS) is 2. The monoisotopic (exact) mass is 687 g/mol. The van der Waals surface area contributed by atoms with E-state index in [2.05, 4.69) is 91.9 Å². The van der Waals surface area contributed by atoms with E-state index in [0.717, 1.165) is 91.8 Å². The molecule has 1 aromatic rings. The molecule has 0 saturated carbocycles. The molecule has 3 aliphatic rings. The predicted molar refractivity (Wildman–Crippen MR) is 198 cm³/mol. The normalized spacial score (nSPS) is 20.3. The third-order valence-electron chi connectivity index (χ3n) is 10.0. The van der Waals surface area contributed by atoms with Crippen LogP contribution in [0, 0.1) is 5.41 Å². The van der Waals surface area contributed by atoms with Crippen molar-refractivity contribution >= 4 is 41.2 Å². The fourth-order valence-corrected chi connectivity index (χ4v) is 7.51. The van der Waals surface area contributed by atoms with Crippen molar-refractivity contribution in [2.24, 2.45) is 5.41 Å². The molecule has 8 heteroatoms. The Morgan fingerprint density at radius 3 is 2.27 bits per heavy atom. The first-order valence-electron chi connectivity index (χ1n) is 17.6. The number of fused-ring (bicyclic) bond motifs is 1. The fraction of sp³-hybridized carbons (Fsp3) is 0.463. The van der Waals surface area contributed by atoms with Crippen LogP contribution in [0.25, 0.3) is 0 Å². The summed E-state index contributed by atoms with van der Waals surface area (Å²) < 4.78 is 2.23. The van der Waals surface area contributed by atoms with Gasteiger partial charge in [0, 0.05) is 59.3 Å². The smallest absolute Gasteiger partial charge is 0.303 e. The Morgan fingerprint density at radius 2 is 1.57 bits per heavy atom. The van der Waals surface area contributed by atoms with Gasteiger partial charge in [-0.3, -0.25) is 14.4 Å². The van der Waals surface area contributed by atoms with Crippen LogP contribution in [0.1, 0.15) is 104 Å². The number of unbranched alkanes of at least 4 members (excludes halogenated alkanes) is 4. The number of carbonyl (C=O) groups excluding carboxylic acids is 1. The van der Waals surface area contributed by atoms with E-state index in [-0.39, 0.29) is 23.7 Å². The molecule has 0 saturated heterocycles. The van der Waals surface area contributed by atoms with E-state index in [9.17, 15) is 14.4 Å². The average molecular weight is 688 g/mol. The van der Waals surface area contributed by atoms with Gasteiger partial charge < -0.3 is 15.1 Å². The summed E-state index contributed by atoms with van der Waals surface area (Å²) in [5.41, 5.74) is 7.60. The number of hydrogen-bond donors (Lipinski definition) is 2. The maximum Gasteiger partial charge on any atom is 0.303 e. The standard InChI is InChI=1S/C41H51ClN2O5/c1-40(2)32(17-14-28-45)29-43(26-11-5-7-20-37(46)47)35(40)24-22-30-15-13-16-31(39(30)42)23-25-36-41(3,4)33-18-9-10-19-34(33)44(36)27-12-6-8-21-38(48)49/h9-10,14,17-19,22-25,28-29H,5-8,11-13,15-16,20-21,26-27H2,1-4H3,(H-,46,47,48,49)/p+1/b17-14-. The molecule has 0 bridgehead atoms. The van der Waals surface area contributed by atoms with Crippen molar-refractivity contribution in [3.63, 3.8) is 0 Å². The first-order valence-corrected chi connectivity index (χ1v) is 18.0. The molecule has 1 aromatic carbocycles. The number of hydrogen-bond acceptors (Lipinski definition) is 4. The van der Waals surface area contributed by atoms with Crippen molar-refractivity contribution < 1.29 is 29.2 Å². The van der Waals surface area contributed by atoms with Crippen LogP contribution in [0.15, 0.2) is 94.4 Å². The van der Waals surface area contributed by atoms with Crippen molar-refractivity contribution in [3.8, 4) is 0 Å². The highest BCUT2D eigenvalue weighted by atomic mass is 35.5. The van der Waals surface area contributed by atoms with Crippen LogP contribution in [0.2, 0.25) is 0 Å². The number of benzene rings is 1. The number of aliphatic carboxylic acids is 2. The largest absolute Gasteiger partial charge is 0.481 e. The molecule has 0 aromatic heterocycles. The third kappa shape index (κ3) is 9.39. The summed E-state index contributed by atoms with van der Waals surface area (Å²) >= 11 is 7.14. The van der Waals surface area contributed by atoms with Gasteiger partial charge >= 0.3 is 11.9 Å². The lowest BCUT2D eigenvalue weighted by Gasteiger charge is -2.27. The maximum atomic E-state index is 11.1. The second-order valence-electron chi connectivity index (χ2n) is 14.3. The van der Waals surface area contributed by atoms with Crippen molar-refractivity contribution in [2.75, 3.05) is 18.0 Å². The van der Waals surface area contributed by atoms with Gasteiger partial charge in [0.15, 0.2) is 11.9 Å². The molecule has 2 aliphatic heterocycles. The molecule has 1 aliphatic carbocycles. The SMILES string of the molecule is CC1(C)C(/C=C\C=O)=C[N+](CCCCCC(=O)O)=C1/C=C/C1=C(Cl)C(=C/C=C2/N(CCCCCC(=O)O)c3ccccc3C2(C)C)/CCC1. The summed E-state index contributed by atoms with van der Waals surface area (Å²) in [5.74, 6) is -1.51. The number of anilines is 1. The number of halogens is 1. The Labute approximate surface area is 296 Å². The molecule has 4 rings (SSSR count). The Hall–Kier alpha value is -3.97. The zero-order valence-corrected chi connectivity index (χ0v) is 30.3. The summed E-state index contributed by atoms with van der Waals surface area (Å²) in [6.07, 6.45) is 23.0. The molecule has 0 amide bonds. The Morgan fingerprint density at radius 1 is 0.878 bits per heavy atom. The second kappa shape index (κ2) is 17.1. The van der Waals surface area contributed by atoms with E-state index in [1.165, 1.54) is 23.0 Å². The van der Waals surface area contributed by atoms with Crippen LogP contribution in [0.5, 0.6) is 0 Å². The first-order chi connectivity index (χ1) is 23.4. The van der Waals surface area contributed by atoms with E-state index < -0.39 is 11.9 Å². The zero-order chi connectivity index (χ0) is 35.6. The van der Waals surface area contributed by atoms with Gasteiger partial charge in [0.25, 0.3) is 0 Å². The molecule has 0 spiro atoms. The van der Waals surface area contributed by atoms with Gasteiger partial charge in [-0.2, -0.15) is 0 Å². The van der Waals surface area contributed by atoms with Crippen LogP contribution in [0.3, 0.4) is 0 Å². The molecule has 262 valence electrons. The number of rotatable bonds is 17. The van der Waals surface area contributed by atoms with Crippen molar-refractivity contribution in [3.05, 3.63) is 99.9 Å². The highest BCUT2D eigenvalue weighted by Crippen LogP contribution is 2.48. The third-order valence-corrected chi connectivity index (χ3v) is 10.5. The Bertz CT molecular complexity index is 1640. The minimum Gasteiger partial charge on any atom is -0.481 e. The summed E-state index contributed by atoms with van der Waals surface area (Å²) in [6, 6.07) is 8.55. The van der Waals surface area contributed by atoms with Gasteiger partial charge in [0.05, 0.1) is 5.41 Å². The molecular weight excluding hydrogens is 636 g/mol. The molecule has 2 N–H and O–H groups in total. The lowest BCUT2D eigenvalue weighted by Crippen LogP contribution is -2.27. The summed E-state index contributed by atoms with van der Waals surface area (Å²) in [5, 5.41) is 18.8. The average Bonchev–Trinajstić information content (AvgIpc) is 3.42. The van der Waals surface area contributed by atoms with Crippen LogP contribution in [0.4, 0.5) is 5.69 Å². The van der Waals surface area contributed by atoms with Gasteiger partial charge in [-0.1, -0.05) is 62.2 Å². The minimum absolute atomic E-state index is 0.182. The van der Waals surface area contributed by atoms with Crippen molar-refractivity contribution in [1.82, 2.24) is 0 Å². The van der Waals surface area contributed by atoms with Crippen LogP contribution >= 0.6 is 11.6 Å². The summed E-state index contributed by atoms with van der Waals surface area (Å²) in [6.45, 7) is 10.4. The van der Waals surface area contributed by atoms with Crippen molar-refractivity contribution in [2.45, 2.75) is 104 Å². The van der Waals surface area contributed by atoms with Crippen LogP contribution < -0.4 is 4.90 Å². The number of carboxylic acids is 2. The highest BCUT2D eigenvalue weighted by molar-refractivity contribution is 6.32. The van der Waals surface area contributed by atoms with E-state index >= 15 is 0 Å². The van der Waals surface area contributed by atoms with E-state index in [1.54, 1.807) is 0 Å². The van der Waals surface area contributed by atoms with Crippen LogP contribution in [-0.4, -0.2) is 51.8 Å². The fourth-order valence-electron chi connectivity index (χ4n) is 7.20. The van der Waals surface area contributed by atoms with E-state index in [4.69, 9.17) is 21.8 Å². The number of aldehydes is 1. The minimum atomic E-state index is -0.764. The molecule has 2 heterocycles. The summed E-state index contributed by atoms with van der Waals surface area (Å²) in [4.78, 5) is 35.5. The lowest BCUT2D eigenvalue weighted by molar-refractivity contribution is -0.455.